The van der Waals surface area contributed by atoms with Crippen molar-refractivity contribution in [2.75, 3.05) is 0 Å². The van der Waals surface area contributed by atoms with Gasteiger partial charge in [-0.2, -0.15) is 0 Å². The summed E-state index contributed by atoms with van der Waals surface area (Å²) in [6.45, 7) is 1.64. The molecule has 0 spiro atoms. The molecule has 0 radical (unpaired) electrons. The van der Waals surface area contributed by atoms with E-state index in [9.17, 15) is 9.18 Å². The van der Waals surface area contributed by atoms with Crippen LogP contribution in [0.25, 0.3) is 0 Å². The van der Waals surface area contributed by atoms with Crippen molar-refractivity contribution in [1.29, 1.82) is 0 Å². The minimum Gasteiger partial charge on any atom is -0.481 e. The molecule has 1 N–H and O–H groups in total. The van der Waals surface area contributed by atoms with Gasteiger partial charge in [-0.25, -0.2) is 4.39 Å². The number of carboxylic acid groups (broad SMARTS) is 1. The molecule has 0 fully saturated rings. The van der Waals surface area contributed by atoms with Crippen molar-refractivity contribution in [3.63, 3.8) is 0 Å². The Kier molecular flexibility index (Phi) is 2.60. The van der Waals surface area contributed by atoms with Gasteiger partial charge < -0.3 is 9.94 Å². The molecule has 0 aromatic heterocycles. The summed E-state index contributed by atoms with van der Waals surface area (Å²) in [7, 11) is 0. The number of carbonyl (C=O) groups is 1. The van der Waals surface area contributed by atoms with Gasteiger partial charge in [0.05, 0.1) is 0 Å². The fourth-order valence-corrected chi connectivity index (χ4v) is 1.65. The minimum atomic E-state index is -0.993. The second-order valence-electron chi connectivity index (χ2n) is 3.61. The number of oxime groups is 1. The van der Waals surface area contributed by atoms with E-state index in [0.29, 0.717) is 11.3 Å². The summed E-state index contributed by atoms with van der Waals surface area (Å²) in [6, 6.07) is 5.51. The average molecular weight is 223 g/mol. The van der Waals surface area contributed by atoms with Crippen LogP contribution in [0.1, 0.15) is 12.5 Å². The Balaban J connectivity index is 2.34. The smallest absolute Gasteiger partial charge is 0.316 e. The number of nitrogens with zero attached hydrogens (tertiary/aromatic N) is 1. The van der Waals surface area contributed by atoms with Crippen molar-refractivity contribution in [3.8, 4) is 0 Å². The standard InChI is InChI=1S/C11H10FNO3/c1-6-9(11(14)15)10(13-16-6)7-2-4-8(12)5-3-7/h2-6,9H,1H3,(H,14,15). The molecule has 0 saturated carbocycles. The molecule has 1 aromatic carbocycles. The van der Waals surface area contributed by atoms with Gasteiger partial charge in [0, 0.05) is 5.56 Å². The molecule has 2 atom stereocenters. The molecule has 2 rings (SSSR count). The first-order chi connectivity index (χ1) is 7.59. The van der Waals surface area contributed by atoms with E-state index in [-0.39, 0.29) is 5.82 Å². The number of carboxylic acids is 1. The monoisotopic (exact) mass is 223 g/mol. The van der Waals surface area contributed by atoms with Crippen LogP contribution in [0, 0.1) is 11.7 Å². The topological polar surface area (TPSA) is 58.9 Å². The van der Waals surface area contributed by atoms with E-state index in [1.54, 1.807) is 6.92 Å². The van der Waals surface area contributed by atoms with Crippen molar-refractivity contribution in [2.45, 2.75) is 13.0 Å². The van der Waals surface area contributed by atoms with Crippen molar-refractivity contribution in [2.24, 2.45) is 11.1 Å². The molecule has 0 bridgehead atoms. The number of benzene rings is 1. The zero-order chi connectivity index (χ0) is 11.7. The molecule has 4 nitrogen and oxygen atoms in total. The van der Waals surface area contributed by atoms with Gasteiger partial charge in [-0.3, -0.25) is 4.79 Å². The maximum atomic E-state index is 12.7. The van der Waals surface area contributed by atoms with Crippen LogP contribution in [0.15, 0.2) is 29.4 Å². The van der Waals surface area contributed by atoms with Crippen molar-refractivity contribution >= 4 is 11.7 Å². The highest BCUT2D eigenvalue weighted by Crippen LogP contribution is 2.23. The van der Waals surface area contributed by atoms with E-state index in [0.717, 1.165) is 0 Å². The van der Waals surface area contributed by atoms with Crippen LogP contribution >= 0.6 is 0 Å². The molecule has 0 saturated heterocycles. The van der Waals surface area contributed by atoms with Crippen molar-refractivity contribution < 1.29 is 19.1 Å². The molecule has 0 aliphatic carbocycles. The van der Waals surface area contributed by atoms with Gasteiger partial charge in [0.25, 0.3) is 0 Å². The lowest BCUT2D eigenvalue weighted by Gasteiger charge is -2.09. The van der Waals surface area contributed by atoms with Crippen molar-refractivity contribution in [3.05, 3.63) is 35.6 Å². The molecule has 84 valence electrons. The second kappa shape index (κ2) is 3.92. The molecule has 16 heavy (non-hydrogen) atoms. The Bertz CT molecular complexity index is 441. The van der Waals surface area contributed by atoms with E-state index < -0.39 is 18.0 Å². The molecule has 1 heterocycles. The van der Waals surface area contributed by atoms with Gasteiger partial charge in [-0.1, -0.05) is 17.3 Å². The quantitative estimate of drug-likeness (QED) is 0.829. The predicted octanol–water partition coefficient (Wildman–Crippen LogP) is 1.65. The van der Waals surface area contributed by atoms with E-state index in [1.165, 1.54) is 24.3 Å². The number of hydrogen-bond acceptors (Lipinski definition) is 3. The summed E-state index contributed by atoms with van der Waals surface area (Å²) in [4.78, 5) is 16.0. The zero-order valence-electron chi connectivity index (χ0n) is 8.55. The predicted molar refractivity (Wildman–Crippen MR) is 54.6 cm³/mol. The number of aliphatic carboxylic acids is 1. The fraction of sp³-hybridized carbons (Fsp3) is 0.273. The Morgan fingerprint density at radius 1 is 1.44 bits per heavy atom. The maximum Gasteiger partial charge on any atom is 0.316 e. The lowest BCUT2D eigenvalue weighted by atomic mass is 9.93. The van der Waals surface area contributed by atoms with E-state index in [2.05, 4.69) is 5.16 Å². The first kappa shape index (κ1) is 10.6. The third kappa shape index (κ3) is 1.76. The van der Waals surface area contributed by atoms with Crippen LogP contribution in [0.5, 0.6) is 0 Å². The highest BCUT2D eigenvalue weighted by molar-refractivity contribution is 6.12. The summed E-state index contributed by atoms with van der Waals surface area (Å²) in [5.74, 6) is -2.17. The van der Waals surface area contributed by atoms with Crippen LogP contribution in [0.3, 0.4) is 0 Å². The first-order valence-electron chi connectivity index (χ1n) is 4.82. The van der Waals surface area contributed by atoms with Gasteiger partial charge in [-0.15, -0.1) is 0 Å². The largest absolute Gasteiger partial charge is 0.481 e. The van der Waals surface area contributed by atoms with Crippen LogP contribution in [0.4, 0.5) is 4.39 Å². The molecular formula is C11H10FNO3. The minimum absolute atomic E-state index is 0.333. The van der Waals surface area contributed by atoms with Gasteiger partial charge in [-0.05, 0) is 19.1 Å². The highest BCUT2D eigenvalue weighted by Gasteiger charge is 2.37. The summed E-state index contributed by atoms with van der Waals surface area (Å²) in [6.07, 6.45) is -0.502. The normalized spacial score (nSPS) is 23.8. The Labute approximate surface area is 91.3 Å². The molecular weight excluding hydrogens is 213 g/mol. The summed E-state index contributed by atoms with van der Waals surface area (Å²) < 4.78 is 12.7. The third-order valence-electron chi connectivity index (χ3n) is 2.49. The van der Waals surface area contributed by atoms with Crippen LogP contribution in [-0.2, 0) is 9.63 Å². The molecule has 1 aliphatic heterocycles. The maximum absolute atomic E-state index is 12.7. The number of hydrogen-bond donors (Lipinski definition) is 1. The summed E-state index contributed by atoms with van der Waals surface area (Å²) in [5, 5.41) is 12.8. The second-order valence-corrected chi connectivity index (χ2v) is 3.61. The summed E-state index contributed by atoms with van der Waals surface area (Å²) in [5.41, 5.74) is 0.901. The van der Waals surface area contributed by atoms with Gasteiger partial charge in [0.2, 0.25) is 0 Å². The van der Waals surface area contributed by atoms with Gasteiger partial charge in [0.15, 0.2) is 0 Å². The lowest BCUT2D eigenvalue weighted by molar-refractivity contribution is -0.141. The zero-order valence-corrected chi connectivity index (χ0v) is 8.55. The first-order valence-corrected chi connectivity index (χ1v) is 4.82. The SMILES string of the molecule is CC1ON=C(c2ccc(F)cc2)C1C(=O)O. The van der Waals surface area contributed by atoms with Crippen LogP contribution in [-0.4, -0.2) is 22.9 Å². The van der Waals surface area contributed by atoms with Gasteiger partial charge in [0.1, 0.15) is 23.6 Å². The molecule has 2 unspecified atom stereocenters. The number of halogens is 1. The molecule has 5 heteroatoms. The molecule has 1 aliphatic rings. The average Bonchev–Trinajstić information content (AvgIpc) is 2.61. The van der Waals surface area contributed by atoms with Crippen LogP contribution < -0.4 is 0 Å². The van der Waals surface area contributed by atoms with Gasteiger partial charge >= 0.3 is 5.97 Å². The Morgan fingerprint density at radius 3 is 2.62 bits per heavy atom. The third-order valence-corrected chi connectivity index (χ3v) is 2.49. The summed E-state index contributed by atoms with van der Waals surface area (Å²) >= 11 is 0. The van der Waals surface area contributed by atoms with Crippen molar-refractivity contribution in [1.82, 2.24) is 0 Å². The van der Waals surface area contributed by atoms with E-state index >= 15 is 0 Å². The number of rotatable bonds is 2. The van der Waals surface area contributed by atoms with E-state index in [1.807, 2.05) is 0 Å². The fourth-order valence-electron chi connectivity index (χ4n) is 1.65. The lowest BCUT2D eigenvalue weighted by Crippen LogP contribution is -2.29. The highest BCUT2D eigenvalue weighted by atomic mass is 19.1. The molecule has 1 aromatic rings. The van der Waals surface area contributed by atoms with E-state index in [4.69, 9.17) is 9.94 Å². The Hall–Kier alpha value is -1.91. The van der Waals surface area contributed by atoms with Crippen LogP contribution in [0.2, 0.25) is 0 Å². The Morgan fingerprint density at radius 2 is 2.06 bits per heavy atom. The molecule has 0 amide bonds.